The summed E-state index contributed by atoms with van der Waals surface area (Å²) in [5.74, 6) is 1.58. The van der Waals surface area contributed by atoms with E-state index >= 15 is 0 Å². The van der Waals surface area contributed by atoms with Gasteiger partial charge in [-0.25, -0.2) is 0 Å². The van der Waals surface area contributed by atoms with Gasteiger partial charge in [-0.05, 0) is 32.5 Å². The Bertz CT molecular complexity index is 435. The summed E-state index contributed by atoms with van der Waals surface area (Å²) in [7, 11) is 2.24. The van der Waals surface area contributed by atoms with E-state index in [1.165, 1.54) is 24.9 Å². The predicted octanol–water partition coefficient (Wildman–Crippen LogP) is 2.44. The quantitative estimate of drug-likeness (QED) is 0.903. The third-order valence-corrected chi connectivity index (χ3v) is 4.57. The molecule has 0 bridgehead atoms. The van der Waals surface area contributed by atoms with Crippen LogP contribution in [0.15, 0.2) is 24.3 Å². The summed E-state index contributed by atoms with van der Waals surface area (Å²) in [6, 6.07) is 9.56. The second kappa shape index (κ2) is 5.51. The normalized spacial score (nSPS) is 30.9. The van der Waals surface area contributed by atoms with Crippen LogP contribution in [0, 0.1) is 5.92 Å². The van der Waals surface area contributed by atoms with Crippen molar-refractivity contribution in [2.24, 2.45) is 5.92 Å². The van der Waals surface area contributed by atoms with Gasteiger partial charge < -0.3 is 15.0 Å². The minimum absolute atomic E-state index is 0.430. The third-order valence-electron chi connectivity index (χ3n) is 4.57. The minimum atomic E-state index is 0.430. The van der Waals surface area contributed by atoms with Gasteiger partial charge in [-0.15, -0.1) is 0 Å². The predicted molar refractivity (Wildman–Crippen MR) is 77.5 cm³/mol. The van der Waals surface area contributed by atoms with E-state index in [2.05, 4.69) is 48.5 Å². The van der Waals surface area contributed by atoms with E-state index in [4.69, 9.17) is 4.74 Å². The van der Waals surface area contributed by atoms with Gasteiger partial charge in [-0.1, -0.05) is 25.1 Å². The minimum Gasteiger partial charge on any atom is -0.493 e. The first kappa shape index (κ1) is 12.9. The molecule has 0 aliphatic carbocycles. The van der Waals surface area contributed by atoms with Gasteiger partial charge in [0.05, 0.1) is 6.61 Å². The van der Waals surface area contributed by atoms with Crippen molar-refractivity contribution >= 4 is 0 Å². The molecule has 2 aliphatic rings. The maximum atomic E-state index is 5.81. The van der Waals surface area contributed by atoms with E-state index in [0.29, 0.717) is 18.0 Å². The van der Waals surface area contributed by atoms with Crippen LogP contribution in [0.2, 0.25) is 0 Å². The molecule has 0 radical (unpaired) electrons. The van der Waals surface area contributed by atoms with Gasteiger partial charge in [-0.2, -0.15) is 0 Å². The Kier molecular flexibility index (Phi) is 3.76. The Morgan fingerprint density at radius 3 is 3.00 bits per heavy atom. The molecule has 0 amide bonds. The molecule has 1 N–H and O–H groups in total. The molecule has 3 atom stereocenters. The molecule has 0 saturated carbocycles. The van der Waals surface area contributed by atoms with Crippen LogP contribution in [-0.2, 0) is 0 Å². The van der Waals surface area contributed by atoms with Crippen LogP contribution < -0.4 is 10.1 Å². The molecule has 1 aromatic carbocycles. The highest BCUT2D eigenvalue weighted by atomic mass is 16.5. The SMILES string of the molecule is CC1COc2ccccc2C1NCC1CCCN1C. The number of benzene rings is 1. The lowest BCUT2D eigenvalue weighted by molar-refractivity contribution is 0.180. The molecule has 0 aromatic heterocycles. The van der Waals surface area contributed by atoms with Gasteiger partial charge in [0.25, 0.3) is 0 Å². The number of hydrogen-bond acceptors (Lipinski definition) is 3. The molecule has 2 heterocycles. The van der Waals surface area contributed by atoms with Crippen molar-refractivity contribution in [1.29, 1.82) is 0 Å². The maximum absolute atomic E-state index is 5.81. The number of rotatable bonds is 3. The summed E-state index contributed by atoms with van der Waals surface area (Å²) >= 11 is 0. The van der Waals surface area contributed by atoms with Crippen molar-refractivity contribution in [1.82, 2.24) is 10.2 Å². The number of nitrogens with zero attached hydrogens (tertiary/aromatic N) is 1. The van der Waals surface area contributed by atoms with Crippen LogP contribution in [-0.4, -0.2) is 37.7 Å². The van der Waals surface area contributed by atoms with Gasteiger partial charge in [0.15, 0.2) is 0 Å². The second-order valence-corrected chi connectivity index (χ2v) is 5.99. The Balaban J connectivity index is 1.69. The molecule has 3 rings (SSSR count). The van der Waals surface area contributed by atoms with Gasteiger partial charge in [0.2, 0.25) is 0 Å². The lowest BCUT2D eigenvalue weighted by Crippen LogP contribution is -2.41. The highest BCUT2D eigenvalue weighted by Gasteiger charge is 2.29. The maximum Gasteiger partial charge on any atom is 0.124 e. The molecule has 1 fully saturated rings. The summed E-state index contributed by atoms with van der Waals surface area (Å²) in [6.45, 7) is 5.41. The second-order valence-electron chi connectivity index (χ2n) is 5.99. The zero-order valence-corrected chi connectivity index (χ0v) is 11.9. The Hall–Kier alpha value is -1.06. The van der Waals surface area contributed by atoms with Crippen molar-refractivity contribution in [3.63, 3.8) is 0 Å². The van der Waals surface area contributed by atoms with Gasteiger partial charge in [0.1, 0.15) is 5.75 Å². The van der Waals surface area contributed by atoms with E-state index in [1.807, 2.05) is 0 Å². The van der Waals surface area contributed by atoms with Crippen molar-refractivity contribution < 1.29 is 4.74 Å². The number of nitrogens with one attached hydrogen (secondary N) is 1. The molecule has 1 saturated heterocycles. The van der Waals surface area contributed by atoms with E-state index in [-0.39, 0.29) is 0 Å². The molecule has 3 unspecified atom stereocenters. The number of likely N-dealkylation sites (tertiary alicyclic amines) is 1. The molecule has 2 aliphatic heterocycles. The zero-order valence-electron chi connectivity index (χ0n) is 11.9. The lowest BCUT2D eigenvalue weighted by Gasteiger charge is -2.33. The summed E-state index contributed by atoms with van der Waals surface area (Å²) in [6.07, 6.45) is 2.66. The summed E-state index contributed by atoms with van der Waals surface area (Å²) in [4.78, 5) is 2.48. The third kappa shape index (κ3) is 2.63. The number of para-hydroxylation sites is 1. The smallest absolute Gasteiger partial charge is 0.124 e. The first-order chi connectivity index (χ1) is 9.25. The zero-order chi connectivity index (χ0) is 13.2. The van der Waals surface area contributed by atoms with E-state index in [1.54, 1.807) is 0 Å². The largest absolute Gasteiger partial charge is 0.493 e. The summed E-state index contributed by atoms with van der Waals surface area (Å²) < 4.78 is 5.81. The van der Waals surface area contributed by atoms with E-state index < -0.39 is 0 Å². The molecule has 0 spiro atoms. The van der Waals surface area contributed by atoms with Crippen LogP contribution in [0.1, 0.15) is 31.4 Å². The van der Waals surface area contributed by atoms with Crippen molar-refractivity contribution in [3.05, 3.63) is 29.8 Å². The fourth-order valence-electron chi connectivity index (χ4n) is 3.30. The first-order valence-electron chi connectivity index (χ1n) is 7.41. The Labute approximate surface area is 115 Å². The average Bonchev–Trinajstić information content (AvgIpc) is 2.83. The molecule has 3 heteroatoms. The monoisotopic (exact) mass is 260 g/mol. The van der Waals surface area contributed by atoms with E-state index in [0.717, 1.165) is 18.9 Å². The van der Waals surface area contributed by atoms with Gasteiger partial charge in [0, 0.05) is 30.1 Å². The lowest BCUT2D eigenvalue weighted by atomic mass is 9.92. The number of fused-ring (bicyclic) bond motifs is 1. The van der Waals surface area contributed by atoms with Crippen molar-refractivity contribution in [2.45, 2.75) is 31.8 Å². The first-order valence-corrected chi connectivity index (χ1v) is 7.41. The summed E-state index contributed by atoms with van der Waals surface area (Å²) in [5.41, 5.74) is 1.32. The van der Waals surface area contributed by atoms with Gasteiger partial charge in [-0.3, -0.25) is 0 Å². The van der Waals surface area contributed by atoms with Crippen LogP contribution in [0.4, 0.5) is 0 Å². The van der Waals surface area contributed by atoms with Crippen LogP contribution in [0.3, 0.4) is 0 Å². The topological polar surface area (TPSA) is 24.5 Å². The van der Waals surface area contributed by atoms with Crippen LogP contribution >= 0.6 is 0 Å². The van der Waals surface area contributed by atoms with Crippen LogP contribution in [0.5, 0.6) is 5.75 Å². The molecular weight excluding hydrogens is 236 g/mol. The summed E-state index contributed by atoms with van der Waals surface area (Å²) in [5, 5.41) is 3.78. The number of hydrogen-bond donors (Lipinski definition) is 1. The number of likely N-dealkylation sites (N-methyl/N-ethyl adjacent to an activating group) is 1. The van der Waals surface area contributed by atoms with Gasteiger partial charge >= 0.3 is 0 Å². The fourth-order valence-corrected chi connectivity index (χ4v) is 3.30. The standard InChI is InChI=1S/C16H24N2O/c1-12-11-19-15-8-4-3-7-14(15)16(12)17-10-13-6-5-9-18(13)2/h3-4,7-8,12-13,16-17H,5-6,9-11H2,1-2H3. The molecule has 3 nitrogen and oxygen atoms in total. The van der Waals surface area contributed by atoms with E-state index in [9.17, 15) is 0 Å². The Morgan fingerprint density at radius 1 is 1.37 bits per heavy atom. The van der Waals surface area contributed by atoms with Crippen LogP contribution in [0.25, 0.3) is 0 Å². The molecule has 1 aromatic rings. The highest BCUT2D eigenvalue weighted by molar-refractivity contribution is 5.37. The average molecular weight is 260 g/mol. The molecule has 104 valence electrons. The number of ether oxygens (including phenoxy) is 1. The Morgan fingerprint density at radius 2 is 2.21 bits per heavy atom. The van der Waals surface area contributed by atoms with Crippen molar-refractivity contribution in [2.75, 3.05) is 26.7 Å². The molecular formula is C16H24N2O. The highest BCUT2D eigenvalue weighted by Crippen LogP contribution is 2.35. The van der Waals surface area contributed by atoms with Crippen molar-refractivity contribution in [3.8, 4) is 5.75 Å². The molecule has 19 heavy (non-hydrogen) atoms. The fraction of sp³-hybridized carbons (Fsp3) is 0.625.